The van der Waals surface area contributed by atoms with Crippen LogP contribution in [0.4, 0.5) is 5.69 Å². The highest BCUT2D eigenvalue weighted by Gasteiger charge is 2.20. The number of amides is 1. The first kappa shape index (κ1) is 18.4. The molecule has 6 nitrogen and oxygen atoms in total. The Morgan fingerprint density at radius 2 is 1.82 bits per heavy atom. The number of hydrogen-bond acceptors (Lipinski definition) is 5. The summed E-state index contributed by atoms with van der Waals surface area (Å²) in [5.41, 5.74) is 1.94. The van der Waals surface area contributed by atoms with Gasteiger partial charge in [-0.1, -0.05) is 43.8 Å². The maximum absolute atomic E-state index is 12.7. The molecule has 0 radical (unpaired) electrons. The second-order valence-electron chi connectivity index (χ2n) is 6.72. The van der Waals surface area contributed by atoms with Crippen molar-refractivity contribution in [1.82, 2.24) is 10.2 Å². The number of aromatic amines is 1. The first-order valence-electron chi connectivity index (χ1n) is 9.13. The SMILES string of the molecule is CC(C)c1cc(C(=O)Nc2cc3c(cc2Sc2ccccc2)OCCO3)n[nH]1. The zero-order valence-corrected chi connectivity index (χ0v) is 16.5. The third-order valence-electron chi connectivity index (χ3n) is 4.32. The van der Waals surface area contributed by atoms with Gasteiger partial charge in [-0.15, -0.1) is 0 Å². The van der Waals surface area contributed by atoms with Gasteiger partial charge in [-0.05, 0) is 24.1 Å². The first-order chi connectivity index (χ1) is 13.6. The topological polar surface area (TPSA) is 76.2 Å². The number of H-pyrrole nitrogens is 1. The molecule has 0 bridgehead atoms. The molecule has 0 unspecified atom stereocenters. The molecule has 144 valence electrons. The Hall–Kier alpha value is -2.93. The third-order valence-corrected chi connectivity index (χ3v) is 5.38. The zero-order valence-electron chi connectivity index (χ0n) is 15.7. The van der Waals surface area contributed by atoms with E-state index in [9.17, 15) is 4.79 Å². The second-order valence-corrected chi connectivity index (χ2v) is 7.84. The number of benzene rings is 2. The Balaban J connectivity index is 1.64. The number of hydrogen-bond donors (Lipinski definition) is 2. The molecular formula is C21H21N3O3S. The van der Waals surface area contributed by atoms with Gasteiger partial charge in [0.05, 0.1) is 5.69 Å². The van der Waals surface area contributed by atoms with E-state index in [1.54, 1.807) is 17.8 Å². The molecule has 28 heavy (non-hydrogen) atoms. The Morgan fingerprint density at radius 3 is 2.50 bits per heavy atom. The van der Waals surface area contributed by atoms with Crippen molar-refractivity contribution in [3.05, 3.63) is 59.9 Å². The molecule has 0 saturated carbocycles. The molecular weight excluding hydrogens is 374 g/mol. The van der Waals surface area contributed by atoms with Crippen molar-refractivity contribution in [1.29, 1.82) is 0 Å². The van der Waals surface area contributed by atoms with Crippen LogP contribution in [0.15, 0.2) is 58.3 Å². The summed E-state index contributed by atoms with van der Waals surface area (Å²) in [5, 5.41) is 10.0. The van der Waals surface area contributed by atoms with Crippen LogP contribution in [0.1, 0.15) is 35.9 Å². The Labute approximate surface area is 167 Å². The van der Waals surface area contributed by atoms with E-state index in [-0.39, 0.29) is 11.8 Å². The lowest BCUT2D eigenvalue weighted by molar-refractivity contribution is 0.102. The second kappa shape index (κ2) is 7.98. The van der Waals surface area contributed by atoms with Crippen molar-refractivity contribution in [2.75, 3.05) is 18.5 Å². The number of fused-ring (bicyclic) bond motifs is 1. The molecule has 0 spiro atoms. The molecule has 1 aliphatic heterocycles. The summed E-state index contributed by atoms with van der Waals surface area (Å²) in [6.07, 6.45) is 0. The summed E-state index contributed by atoms with van der Waals surface area (Å²) in [5.74, 6) is 1.32. The van der Waals surface area contributed by atoms with E-state index in [0.29, 0.717) is 36.1 Å². The van der Waals surface area contributed by atoms with Crippen LogP contribution in [0.3, 0.4) is 0 Å². The van der Waals surface area contributed by atoms with Gasteiger partial charge in [-0.3, -0.25) is 9.89 Å². The van der Waals surface area contributed by atoms with Gasteiger partial charge >= 0.3 is 0 Å². The van der Waals surface area contributed by atoms with Crippen molar-refractivity contribution in [3.8, 4) is 11.5 Å². The van der Waals surface area contributed by atoms with Gasteiger partial charge in [-0.2, -0.15) is 5.10 Å². The summed E-state index contributed by atoms with van der Waals surface area (Å²) in [4.78, 5) is 14.7. The number of ether oxygens (including phenoxy) is 2. The summed E-state index contributed by atoms with van der Waals surface area (Å²) in [6, 6.07) is 15.5. The number of carbonyl (C=O) groups excluding carboxylic acids is 1. The Kier molecular flexibility index (Phi) is 5.25. The average molecular weight is 395 g/mol. The van der Waals surface area contributed by atoms with Crippen molar-refractivity contribution in [2.24, 2.45) is 0 Å². The third kappa shape index (κ3) is 3.99. The fourth-order valence-corrected chi connectivity index (χ4v) is 3.74. The molecule has 4 rings (SSSR count). The highest BCUT2D eigenvalue weighted by Crippen LogP contribution is 2.42. The van der Waals surface area contributed by atoms with Crippen LogP contribution in [0.2, 0.25) is 0 Å². The fourth-order valence-electron chi connectivity index (χ4n) is 2.80. The molecule has 1 aromatic heterocycles. The van der Waals surface area contributed by atoms with Gasteiger partial charge in [0, 0.05) is 27.6 Å². The van der Waals surface area contributed by atoms with E-state index in [1.807, 2.05) is 56.3 Å². The molecule has 1 amide bonds. The molecule has 0 aliphatic carbocycles. The van der Waals surface area contributed by atoms with Crippen LogP contribution >= 0.6 is 11.8 Å². The summed E-state index contributed by atoms with van der Waals surface area (Å²) >= 11 is 1.56. The normalized spacial score (nSPS) is 12.8. The molecule has 3 aromatic rings. The number of nitrogens with zero attached hydrogens (tertiary/aromatic N) is 1. The fraction of sp³-hybridized carbons (Fsp3) is 0.238. The Morgan fingerprint density at radius 1 is 1.11 bits per heavy atom. The summed E-state index contributed by atoms with van der Waals surface area (Å²) in [7, 11) is 0. The van der Waals surface area contributed by atoms with E-state index < -0.39 is 0 Å². The van der Waals surface area contributed by atoms with Crippen LogP contribution < -0.4 is 14.8 Å². The molecule has 2 heterocycles. The van der Waals surface area contributed by atoms with E-state index in [0.717, 1.165) is 15.5 Å². The van der Waals surface area contributed by atoms with Crippen LogP contribution in [-0.4, -0.2) is 29.3 Å². The number of anilines is 1. The predicted octanol–water partition coefficient (Wildman–Crippen LogP) is 4.71. The molecule has 7 heteroatoms. The number of carbonyl (C=O) groups is 1. The van der Waals surface area contributed by atoms with Crippen LogP contribution in [0, 0.1) is 0 Å². The van der Waals surface area contributed by atoms with E-state index in [1.165, 1.54) is 0 Å². The largest absolute Gasteiger partial charge is 0.486 e. The predicted molar refractivity (Wildman–Crippen MR) is 109 cm³/mol. The first-order valence-corrected chi connectivity index (χ1v) is 9.95. The number of rotatable bonds is 5. The molecule has 0 atom stereocenters. The molecule has 0 fully saturated rings. The van der Waals surface area contributed by atoms with Crippen molar-refractivity contribution in [2.45, 2.75) is 29.6 Å². The van der Waals surface area contributed by atoms with Gasteiger partial charge < -0.3 is 14.8 Å². The zero-order chi connectivity index (χ0) is 19.5. The average Bonchev–Trinajstić information content (AvgIpc) is 3.20. The van der Waals surface area contributed by atoms with E-state index >= 15 is 0 Å². The monoisotopic (exact) mass is 395 g/mol. The minimum Gasteiger partial charge on any atom is -0.486 e. The molecule has 2 aromatic carbocycles. The van der Waals surface area contributed by atoms with Crippen molar-refractivity contribution >= 4 is 23.4 Å². The quantitative estimate of drug-likeness (QED) is 0.654. The highest BCUT2D eigenvalue weighted by atomic mass is 32.2. The number of nitrogens with one attached hydrogen (secondary N) is 2. The van der Waals surface area contributed by atoms with Crippen molar-refractivity contribution in [3.63, 3.8) is 0 Å². The van der Waals surface area contributed by atoms with Gasteiger partial charge in [0.1, 0.15) is 13.2 Å². The van der Waals surface area contributed by atoms with E-state index in [4.69, 9.17) is 9.47 Å². The smallest absolute Gasteiger partial charge is 0.276 e. The highest BCUT2D eigenvalue weighted by molar-refractivity contribution is 7.99. The van der Waals surface area contributed by atoms with Crippen molar-refractivity contribution < 1.29 is 14.3 Å². The van der Waals surface area contributed by atoms with Gasteiger partial charge in [-0.25, -0.2) is 0 Å². The van der Waals surface area contributed by atoms with Crippen LogP contribution in [0.5, 0.6) is 11.5 Å². The number of aromatic nitrogens is 2. The minimum atomic E-state index is -0.269. The summed E-state index contributed by atoms with van der Waals surface area (Å²) < 4.78 is 11.4. The van der Waals surface area contributed by atoms with Crippen LogP contribution in [-0.2, 0) is 0 Å². The maximum atomic E-state index is 12.7. The maximum Gasteiger partial charge on any atom is 0.276 e. The molecule has 0 saturated heterocycles. The Bertz CT molecular complexity index is 986. The molecule has 2 N–H and O–H groups in total. The standard InChI is InChI=1S/C21H21N3O3S/c1-13(2)15-10-17(24-23-15)21(25)22-16-11-18-19(27-9-8-26-18)12-20(16)28-14-6-4-3-5-7-14/h3-7,10-13H,8-9H2,1-2H3,(H,22,25)(H,23,24). The van der Waals surface area contributed by atoms with Gasteiger partial charge in [0.2, 0.25) is 0 Å². The van der Waals surface area contributed by atoms with Crippen LogP contribution in [0.25, 0.3) is 0 Å². The lowest BCUT2D eigenvalue weighted by Gasteiger charge is -2.21. The lowest BCUT2D eigenvalue weighted by atomic mass is 10.1. The molecule has 1 aliphatic rings. The van der Waals surface area contributed by atoms with Gasteiger partial charge in [0.25, 0.3) is 5.91 Å². The summed E-state index contributed by atoms with van der Waals surface area (Å²) in [6.45, 7) is 5.09. The van der Waals surface area contributed by atoms with E-state index in [2.05, 4.69) is 15.5 Å². The minimum absolute atomic E-state index is 0.269. The van der Waals surface area contributed by atoms with Gasteiger partial charge in [0.15, 0.2) is 17.2 Å². The lowest BCUT2D eigenvalue weighted by Crippen LogP contribution is -2.17.